The first kappa shape index (κ1) is 15.9. The smallest absolute Gasteiger partial charge is 0.0353 e. The van der Waals surface area contributed by atoms with Crippen molar-refractivity contribution in [2.45, 2.75) is 51.9 Å². The van der Waals surface area contributed by atoms with Crippen molar-refractivity contribution in [1.29, 1.82) is 0 Å². The minimum absolute atomic E-state index is 0.946. The Kier molecular flexibility index (Phi) is 5.17. The van der Waals surface area contributed by atoms with Crippen LogP contribution in [0.5, 0.6) is 0 Å². The van der Waals surface area contributed by atoms with Crippen LogP contribution in [0, 0.1) is 0 Å². The fourth-order valence-corrected chi connectivity index (χ4v) is 3.45. The van der Waals surface area contributed by atoms with Crippen LogP contribution in [0.2, 0.25) is 0 Å². The van der Waals surface area contributed by atoms with E-state index in [0.717, 1.165) is 12.1 Å². The van der Waals surface area contributed by atoms with Crippen LogP contribution in [0.1, 0.15) is 51.0 Å². The van der Waals surface area contributed by atoms with Crippen LogP contribution < -0.4 is 5.73 Å². The number of rotatable bonds is 7. The van der Waals surface area contributed by atoms with E-state index in [-0.39, 0.29) is 0 Å². The summed E-state index contributed by atoms with van der Waals surface area (Å²) in [6, 6.07) is 17.4. The number of unbranched alkanes of at least 4 members (excludes halogenated alkanes) is 5. The molecule has 0 heterocycles. The molecule has 3 aromatic carbocycles. The average Bonchev–Trinajstić information content (AvgIpc) is 2.58. The summed E-state index contributed by atoms with van der Waals surface area (Å²) in [6.45, 7) is 2.27. The van der Waals surface area contributed by atoms with Crippen molar-refractivity contribution in [1.82, 2.24) is 0 Å². The third kappa shape index (κ3) is 3.67. The number of anilines is 1. The summed E-state index contributed by atoms with van der Waals surface area (Å²) < 4.78 is 0. The van der Waals surface area contributed by atoms with Gasteiger partial charge in [0.2, 0.25) is 0 Å². The van der Waals surface area contributed by atoms with Gasteiger partial charge in [-0.25, -0.2) is 0 Å². The third-order valence-corrected chi connectivity index (χ3v) is 4.81. The number of fused-ring (bicyclic) bond motifs is 2. The van der Waals surface area contributed by atoms with Gasteiger partial charge in [-0.15, -0.1) is 0 Å². The van der Waals surface area contributed by atoms with Gasteiger partial charge in [-0.2, -0.15) is 0 Å². The van der Waals surface area contributed by atoms with Gasteiger partial charge in [0.05, 0.1) is 0 Å². The Balaban J connectivity index is 1.83. The lowest BCUT2D eigenvalue weighted by Gasteiger charge is -2.11. The summed E-state index contributed by atoms with van der Waals surface area (Å²) in [5, 5.41) is 5.24. The van der Waals surface area contributed by atoms with Crippen molar-refractivity contribution in [2.75, 3.05) is 5.73 Å². The van der Waals surface area contributed by atoms with E-state index in [4.69, 9.17) is 5.73 Å². The van der Waals surface area contributed by atoms with E-state index in [1.54, 1.807) is 0 Å². The van der Waals surface area contributed by atoms with Crippen molar-refractivity contribution in [3.63, 3.8) is 0 Å². The molecule has 0 saturated heterocycles. The molecule has 0 aliphatic rings. The van der Waals surface area contributed by atoms with E-state index in [9.17, 15) is 0 Å². The van der Waals surface area contributed by atoms with E-state index in [0.29, 0.717) is 0 Å². The zero-order chi connectivity index (χ0) is 16.1. The molecule has 0 aliphatic carbocycles. The topological polar surface area (TPSA) is 26.0 Å². The largest absolute Gasteiger partial charge is 0.398 e. The molecule has 3 aromatic rings. The van der Waals surface area contributed by atoms with E-state index < -0.39 is 0 Å². The number of hydrogen-bond acceptors (Lipinski definition) is 1. The molecule has 3 rings (SSSR count). The molecule has 120 valence electrons. The van der Waals surface area contributed by atoms with Gasteiger partial charge in [-0.1, -0.05) is 69.4 Å². The van der Waals surface area contributed by atoms with Crippen LogP contribution in [-0.4, -0.2) is 0 Å². The summed E-state index contributed by atoms with van der Waals surface area (Å²) in [5.74, 6) is 0. The van der Waals surface area contributed by atoms with E-state index in [2.05, 4.69) is 55.5 Å². The van der Waals surface area contributed by atoms with Crippen molar-refractivity contribution >= 4 is 27.2 Å². The van der Waals surface area contributed by atoms with Gasteiger partial charge in [0, 0.05) is 5.69 Å². The monoisotopic (exact) mass is 305 g/mol. The minimum Gasteiger partial charge on any atom is -0.398 e. The molecule has 0 bridgehead atoms. The van der Waals surface area contributed by atoms with Crippen LogP contribution in [0.3, 0.4) is 0 Å². The first-order valence-corrected chi connectivity index (χ1v) is 8.99. The minimum atomic E-state index is 0.946. The quantitative estimate of drug-likeness (QED) is 0.302. The lowest BCUT2D eigenvalue weighted by Crippen LogP contribution is -1.96. The second-order valence-electron chi connectivity index (χ2n) is 6.57. The maximum absolute atomic E-state index is 6.29. The molecule has 0 saturated carbocycles. The summed E-state index contributed by atoms with van der Waals surface area (Å²) in [7, 11) is 0. The molecular formula is C22H27N. The molecule has 0 unspecified atom stereocenters. The molecule has 0 spiro atoms. The Morgan fingerprint density at radius 1 is 0.739 bits per heavy atom. The van der Waals surface area contributed by atoms with Crippen molar-refractivity contribution < 1.29 is 0 Å². The second kappa shape index (κ2) is 7.50. The lowest BCUT2D eigenvalue weighted by molar-refractivity contribution is 0.608. The number of nitrogen functional groups attached to an aromatic ring is 1. The summed E-state index contributed by atoms with van der Waals surface area (Å²) in [4.78, 5) is 0. The number of aryl methyl sites for hydroxylation is 1. The zero-order valence-corrected chi connectivity index (χ0v) is 14.1. The maximum Gasteiger partial charge on any atom is 0.0353 e. The van der Waals surface area contributed by atoms with Crippen molar-refractivity contribution in [3.8, 4) is 0 Å². The second-order valence-corrected chi connectivity index (χ2v) is 6.57. The van der Waals surface area contributed by atoms with Crippen molar-refractivity contribution in [3.05, 3.63) is 54.1 Å². The van der Waals surface area contributed by atoms with Crippen molar-refractivity contribution in [2.24, 2.45) is 0 Å². The van der Waals surface area contributed by atoms with Gasteiger partial charge in [0.1, 0.15) is 0 Å². The highest BCUT2D eigenvalue weighted by molar-refractivity contribution is 6.01. The first-order chi connectivity index (χ1) is 11.3. The fraction of sp³-hybridized carbons (Fsp3) is 0.364. The normalized spacial score (nSPS) is 11.3. The van der Waals surface area contributed by atoms with Crippen LogP contribution in [0.15, 0.2) is 48.5 Å². The highest BCUT2D eigenvalue weighted by Gasteiger charge is 2.07. The Bertz CT molecular complexity index is 788. The third-order valence-electron chi connectivity index (χ3n) is 4.81. The van der Waals surface area contributed by atoms with E-state index in [1.165, 1.54) is 65.6 Å². The summed E-state index contributed by atoms with van der Waals surface area (Å²) in [6.07, 6.45) is 9.02. The molecule has 0 aromatic heterocycles. The van der Waals surface area contributed by atoms with Crippen LogP contribution in [0.4, 0.5) is 5.69 Å². The van der Waals surface area contributed by atoms with Gasteiger partial charge in [-0.3, -0.25) is 0 Å². The molecular weight excluding hydrogens is 278 g/mol. The summed E-state index contributed by atoms with van der Waals surface area (Å²) >= 11 is 0. The van der Waals surface area contributed by atoms with Crippen LogP contribution in [0.25, 0.3) is 21.5 Å². The van der Waals surface area contributed by atoms with Crippen LogP contribution >= 0.6 is 0 Å². The highest BCUT2D eigenvalue weighted by atomic mass is 14.6. The number of hydrogen-bond donors (Lipinski definition) is 1. The molecule has 0 radical (unpaired) electrons. The molecule has 1 nitrogen and oxygen atoms in total. The first-order valence-electron chi connectivity index (χ1n) is 8.99. The van der Waals surface area contributed by atoms with Gasteiger partial charge in [0.15, 0.2) is 0 Å². The highest BCUT2D eigenvalue weighted by Crippen LogP contribution is 2.30. The number of benzene rings is 3. The zero-order valence-electron chi connectivity index (χ0n) is 14.1. The molecule has 0 fully saturated rings. The molecule has 23 heavy (non-hydrogen) atoms. The lowest BCUT2D eigenvalue weighted by atomic mass is 9.95. The number of nitrogens with two attached hydrogens (primary N) is 1. The van der Waals surface area contributed by atoms with Gasteiger partial charge >= 0.3 is 0 Å². The summed E-state index contributed by atoms with van der Waals surface area (Å²) in [5.41, 5.74) is 8.58. The molecule has 0 amide bonds. The molecule has 1 heteroatoms. The van der Waals surface area contributed by atoms with E-state index in [1.807, 2.05) is 0 Å². The molecule has 0 atom stereocenters. The SMILES string of the molecule is CCCCCCCCc1c(N)ccc2cc3ccccc3cc12. The predicted octanol–water partition coefficient (Wildman–Crippen LogP) is 6.48. The maximum atomic E-state index is 6.29. The van der Waals surface area contributed by atoms with Crippen LogP contribution in [-0.2, 0) is 6.42 Å². The van der Waals surface area contributed by atoms with Gasteiger partial charge in [0.25, 0.3) is 0 Å². The Labute approximate surface area is 139 Å². The Morgan fingerprint density at radius 3 is 2.22 bits per heavy atom. The average molecular weight is 305 g/mol. The fourth-order valence-electron chi connectivity index (χ4n) is 3.45. The van der Waals surface area contributed by atoms with E-state index >= 15 is 0 Å². The van der Waals surface area contributed by atoms with Gasteiger partial charge in [-0.05, 0) is 58.1 Å². The molecule has 0 aliphatic heterocycles. The predicted molar refractivity (Wildman–Crippen MR) is 103 cm³/mol. The Morgan fingerprint density at radius 2 is 1.43 bits per heavy atom. The molecule has 2 N–H and O–H groups in total. The Hall–Kier alpha value is -2.02. The van der Waals surface area contributed by atoms with Gasteiger partial charge < -0.3 is 5.73 Å². The standard InChI is InChI=1S/C22H27N/c1-2-3-4-5-6-7-12-20-21-16-18-11-9-8-10-17(18)15-19(21)13-14-22(20)23/h8-11,13-16H,2-7,12,23H2,1H3.